The number of nitrogens with zero attached hydrogens (tertiary/aromatic N) is 3. The summed E-state index contributed by atoms with van der Waals surface area (Å²) in [7, 11) is 0. The number of hydrogen-bond acceptors (Lipinski definition) is 5. The lowest BCUT2D eigenvalue weighted by Crippen LogP contribution is -2.27. The van der Waals surface area contributed by atoms with Gasteiger partial charge in [-0.3, -0.25) is 10.2 Å². The number of para-hydroxylation sites is 1. The normalized spacial score (nSPS) is 15.5. The Morgan fingerprint density at radius 1 is 1.13 bits per heavy atom. The zero-order valence-corrected chi connectivity index (χ0v) is 19.0. The Bertz CT molecular complexity index is 1360. The minimum atomic E-state index is -0.230. The van der Waals surface area contributed by atoms with Crippen LogP contribution in [0.4, 0.5) is 5.13 Å². The number of halogens is 2. The van der Waals surface area contributed by atoms with E-state index in [1.165, 1.54) is 16.2 Å². The fourth-order valence-electron chi connectivity index (χ4n) is 3.48. The molecule has 0 atom stereocenters. The Morgan fingerprint density at radius 3 is 2.74 bits per heavy atom. The van der Waals surface area contributed by atoms with Gasteiger partial charge < -0.3 is 4.57 Å². The van der Waals surface area contributed by atoms with Crippen molar-refractivity contribution >= 4 is 79.5 Å². The van der Waals surface area contributed by atoms with Crippen LogP contribution in [0.3, 0.4) is 0 Å². The number of amides is 1. The number of rotatable bonds is 4. The van der Waals surface area contributed by atoms with E-state index in [-0.39, 0.29) is 11.1 Å². The number of benzene rings is 2. The maximum atomic E-state index is 13.0. The Kier molecular flexibility index (Phi) is 5.35. The number of amidine groups is 1. The minimum Gasteiger partial charge on any atom is -0.342 e. The number of fused-ring (bicyclic) bond motifs is 1. The molecule has 154 valence electrons. The Balaban J connectivity index is 1.53. The van der Waals surface area contributed by atoms with E-state index < -0.39 is 0 Å². The third-order valence-electron chi connectivity index (χ3n) is 4.88. The van der Waals surface area contributed by atoms with Crippen LogP contribution in [0.2, 0.25) is 10.0 Å². The van der Waals surface area contributed by atoms with Crippen molar-refractivity contribution in [3.63, 3.8) is 0 Å². The van der Waals surface area contributed by atoms with Crippen molar-refractivity contribution in [3.05, 3.63) is 86.3 Å². The van der Waals surface area contributed by atoms with Crippen LogP contribution in [0.5, 0.6) is 0 Å². The van der Waals surface area contributed by atoms with Gasteiger partial charge in [0.2, 0.25) is 0 Å². The van der Waals surface area contributed by atoms with Gasteiger partial charge in [0, 0.05) is 40.8 Å². The number of anilines is 1. The fourth-order valence-corrected chi connectivity index (χ4v) is 5.34. The van der Waals surface area contributed by atoms with Crippen LogP contribution in [0.25, 0.3) is 17.0 Å². The van der Waals surface area contributed by atoms with Crippen molar-refractivity contribution in [2.75, 3.05) is 4.90 Å². The van der Waals surface area contributed by atoms with E-state index >= 15 is 0 Å². The second-order valence-electron chi connectivity index (χ2n) is 6.85. The Labute approximate surface area is 196 Å². The van der Waals surface area contributed by atoms with Gasteiger partial charge in [-0.15, -0.1) is 11.3 Å². The average molecular weight is 485 g/mol. The lowest BCUT2D eigenvalue weighted by atomic mass is 10.1. The topological polar surface area (TPSA) is 62.0 Å². The first kappa shape index (κ1) is 20.3. The molecular weight excluding hydrogens is 471 g/mol. The summed E-state index contributed by atoms with van der Waals surface area (Å²) < 4.78 is 2.12. The van der Waals surface area contributed by atoms with Crippen LogP contribution in [-0.2, 0) is 11.3 Å². The van der Waals surface area contributed by atoms with Crippen molar-refractivity contribution in [1.82, 2.24) is 9.55 Å². The van der Waals surface area contributed by atoms with E-state index in [0.717, 1.165) is 33.8 Å². The molecule has 0 unspecified atom stereocenters. The molecule has 0 aliphatic carbocycles. The first-order valence-electron chi connectivity index (χ1n) is 9.25. The predicted molar refractivity (Wildman–Crippen MR) is 130 cm³/mol. The highest BCUT2D eigenvalue weighted by molar-refractivity contribution is 8.19. The summed E-state index contributed by atoms with van der Waals surface area (Å²) in [5.41, 5.74) is 2.99. The van der Waals surface area contributed by atoms with E-state index in [1.54, 1.807) is 17.6 Å². The highest BCUT2D eigenvalue weighted by Crippen LogP contribution is 2.37. The highest BCUT2D eigenvalue weighted by Gasteiger charge is 2.35. The molecule has 0 bridgehead atoms. The van der Waals surface area contributed by atoms with Crippen LogP contribution in [0.1, 0.15) is 11.1 Å². The fraction of sp³-hybridized carbons (Fsp3) is 0.0455. The molecule has 1 amide bonds. The molecule has 31 heavy (non-hydrogen) atoms. The third kappa shape index (κ3) is 3.78. The summed E-state index contributed by atoms with van der Waals surface area (Å²) in [4.78, 5) is 19.0. The molecule has 1 saturated heterocycles. The smallest absolute Gasteiger partial charge is 0.273 e. The van der Waals surface area contributed by atoms with E-state index in [0.29, 0.717) is 26.6 Å². The van der Waals surface area contributed by atoms with Crippen LogP contribution >= 0.6 is 46.3 Å². The summed E-state index contributed by atoms with van der Waals surface area (Å²) in [5, 5.41) is 12.8. The number of aromatic nitrogens is 2. The average Bonchev–Trinajstić information content (AvgIpc) is 3.45. The van der Waals surface area contributed by atoms with E-state index in [9.17, 15) is 4.79 Å². The first-order chi connectivity index (χ1) is 15.0. The zero-order chi connectivity index (χ0) is 21.5. The molecule has 4 aromatic rings. The molecule has 0 spiro atoms. The van der Waals surface area contributed by atoms with Crippen LogP contribution < -0.4 is 4.90 Å². The minimum absolute atomic E-state index is 0.158. The lowest BCUT2D eigenvalue weighted by Gasteiger charge is -2.08. The standard InChI is InChI=1S/C22H14Cl2N4OS2/c23-16-6-5-13(9-17(16)24)11-27-12-14(15-3-1-2-4-18(15)27)10-19-20(29)28(21(25)31-19)22-26-7-8-30-22/h1-10,12,25H,11H2/b19-10-,25-21?. The Morgan fingerprint density at radius 2 is 1.97 bits per heavy atom. The number of carbonyl (C=O) groups excluding carboxylic acids is 1. The number of nitrogens with one attached hydrogen (secondary N) is 1. The summed E-state index contributed by atoms with van der Waals surface area (Å²) in [5.74, 6) is -0.230. The van der Waals surface area contributed by atoms with Gasteiger partial charge in [0.25, 0.3) is 5.91 Å². The quantitative estimate of drug-likeness (QED) is 0.335. The molecule has 2 aromatic heterocycles. The van der Waals surface area contributed by atoms with Crippen molar-refractivity contribution in [2.24, 2.45) is 0 Å². The van der Waals surface area contributed by atoms with Crippen LogP contribution in [0, 0.1) is 5.41 Å². The van der Waals surface area contributed by atoms with E-state index in [1.807, 2.05) is 48.7 Å². The zero-order valence-electron chi connectivity index (χ0n) is 15.9. The molecule has 5 rings (SSSR count). The van der Waals surface area contributed by atoms with Gasteiger partial charge in [-0.2, -0.15) is 0 Å². The molecule has 1 fully saturated rings. The Hall–Kier alpha value is -2.58. The molecule has 3 heterocycles. The predicted octanol–water partition coefficient (Wildman–Crippen LogP) is 6.51. The van der Waals surface area contributed by atoms with E-state index in [2.05, 4.69) is 9.55 Å². The van der Waals surface area contributed by atoms with Gasteiger partial charge >= 0.3 is 0 Å². The summed E-state index contributed by atoms with van der Waals surface area (Å²) in [6, 6.07) is 13.6. The monoisotopic (exact) mass is 484 g/mol. The second kappa shape index (κ2) is 8.16. The maximum Gasteiger partial charge on any atom is 0.273 e. The van der Waals surface area contributed by atoms with Gasteiger partial charge in [-0.25, -0.2) is 9.88 Å². The third-order valence-corrected chi connectivity index (χ3v) is 7.26. The largest absolute Gasteiger partial charge is 0.342 e. The summed E-state index contributed by atoms with van der Waals surface area (Å²) >= 11 is 14.7. The number of thioether (sulfide) groups is 1. The molecule has 0 radical (unpaired) electrons. The highest BCUT2D eigenvalue weighted by atomic mass is 35.5. The summed E-state index contributed by atoms with van der Waals surface area (Å²) in [6.07, 6.45) is 5.50. The van der Waals surface area contributed by atoms with Crippen molar-refractivity contribution in [1.29, 1.82) is 5.41 Å². The maximum absolute atomic E-state index is 13.0. The van der Waals surface area contributed by atoms with Gasteiger partial charge in [-0.1, -0.05) is 47.5 Å². The van der Waals surface area contributed by atoms with Crippen LogP contribution in [0.15, 0.2) is 65.1 Å². The summed E-state index contributed by atoms with van der Waals surface area (Å²) in [6.45, 7) is 0.614. The van der Waals surface area contributed by atoms with Crippen molar-refractivity contribution in [2.45, 2.75) is 6.54 Å². The molecule has 1 N–H and O–H groups in total. The molecule has 9 heteroatoms. The molecule has 5 nitrogen and oxygen atoms in total. The number of carbonyl (C=O) groups is 1. The molecular formula is C22H14Cl2N4OS2. The molecule has 0 saturated carbocycles. The first-order valence-corrected chi connectivity index (χ1v) is 11.7. The molecule has 1 aliphatic heterocycles. The van der Waals surface area contributed by atoms with E-state index in [4.69, 9.17) is 28.6 Å². The molecule has 2 aromatic carbocycles. The second-order valence-corrected chi connectivity index (χ2v) is 9.57. The van der Waals surface area contributed by atoms with Crippen molar-refractivity contribution in [3.8, 4) is 0 Å². The lowest BCUT2D eigenvalue weighted by molar-refractivity contribution is -0.113. The molecule has 1 aliphatic rings. The van der Waals surface area contributed by atoms with Gasteiger partial charge in [-0.05, 0) is 41.6 Å². The van der Waals surface area contributed by atoms with Crippen LogP contribution in [-0.4, -0.2) is 20.6 Å². The van der Waals surface area contributed by atoms with Gasteiger partial charge in [0.15, 0.2) is 10.3 Å². The number of thiazole rings is 1. The van der Waals surface area contributed by atoms with Crippen molar-refractivity contribution < 1.29 is 4.79 Å². The number of hydrogen-bond donors (Lipinski definition) is 1. The SMILES string of the molecule is N=C1S/C(=C\c2cn(Cc3ccc(Cl)c(Cl)c3)c3ccccc23)C(=O)N1c1nccs1. The van der Waals surface area contributed by atoms with Gasteiger partial charge in [0.05, 0.1) is 15.0 Å². The van der Waals surface area contributed by atoms with Gasteiger partial charge in [0.1, 0.15) is 0 Å².